The summed E-state index contributed by atoms with van der Waals surface area (Å²) in [5.41, 5.74) is 0.482. The molecule has 1 aromatic rings. The maximum Gasteiger partial charge on any atom is 0.303 e. The molecule has 0 fully saturated rings. The van der Waals surface area contributed by atoms with E-state index in [1.807, 2.05) is 0 Å². The lowest BCUT2D eigenvalue weighted by atomic mass is 10.1. The van der Waals surface area contributed by atoms with Gasteiger partial charge in [-0.15, -0.1) is 0 Å². The van der Waals surface area contributed by atoms with Crippen molar-refractivity contribution in [3.8, 4) is 0 Å². The fraction of sp³-hybridized carbons (Fsp3) is 0.182. The molecule has 1 unspecified atom stereocenters. The van der Waals surface area contributed by atoms with Crippen LogP contribution in [0.1, 0.15) is 18.6 Å². The number of nitro groups is 1. The van der Waals surface area contributed by atoms with Crippen molar-refractivity contribution in [3.05, 3.63) is 52.6 Å². The normalized spacial score (nSPS) is 11.6. The van der Waals surface area contributed by atoms with Gasteiger partial charge in [-0.05, 0) is 6.08 Å². The lowest BCUT2D eigenvalue weighted by Gasteiger charge is -2.12. The molecule has 0 heterocycles. The Morgan fingerprint density at radius 2 is 2.31 bits per heavy atom. The summed E-state index contributed by atoms with van der Waals surface area (Å²) in [6.07, 6.45) is 0.762. The van der Waals surface area contributed by atoms with Crippen molar-refractivity contribution in [2.75, 3.05) is 0 Å². The van der Waals surface area contributed by atoms with Crippen molar-refractivity contribution < 1.29 is 14.5 Å². The Hall–Kier alpha value is -2.17. The quantitative estimate of drug-likeness (QED) is 0.339. The van der Waals surface area contributed by atoms with E-state index in [0.717, 1.165) is 0 Å². The number of ether oxygens (including phenoxy) is 1. The number of carbonyl (C=O) groups is 1. The Labute approximate surface area is 92.5 Å². The average molecular weight is 221 g/mol. The van der Waals surface area contributed by atoms with Crippen LogP contribution < -0.4 is 0 Å². The van der Waals surface area contributed by atoms with Crippen LogP contribution in [0.3, 0.4) is 0 Å². The molecule has 5 heteroatoms. The third kappa shape index (κ3) is 2.91. The van der Waals surface area contributed by atoms with E-state index in [1.165, 1.54) is 31.2 Å². The highest BCUT2D eigenvalue weighted by molar-refractivity contribution is 5.66. The van der Waals surface area contributed by atoms with Gasteiger partial charge in [-0.3, -0.25) is 14.9 Å². The van der Waals surface area contributed by atoms with Crippen LogP contribution in [0.4, 0.5) is 5.69 Å². The average Bonchev–Trinajstić information content (AvgIpc) is 2.25. The van der Waals surface area contributed by atoms with Gasteiger partial charge in [0.15, 0.2) is 0 Å². The zero-order valence-corrected chi connectivity index (χ0v) is 8.75. The van der Waals surface area contributed by atoms with Gasteiger partial charge >= 0.3 is 5.97 Å². The van der Waals surface area contributed by atoms with E-state index in [0.29, 0.717) is 5.56 Å². The third-order valence-corrected chi connectivity index (χ3v) is 1.92. The molecule has 0 aromatic heterocycles. The number of hydrogen-bond acceptors (Lipinski definition) is 4. The SMILES string of the molecule is C=CC(OC(C)=O)c1cccc([N+](=O)[O-])c1. The second kappa shape index (κ2) is 5.06. The second-order valence-corrected chi connectivity index (χ2v) is 3.12. The minimum Gasteiger partial charge on any atom is -0.453 e. The summed E-state index contributed by atoms with van der Waals surface area (Å²) in [6.45, 7) is 4.79. The Bertz CT molecular complexity index is 428. The van der Waals surface area contributed by atoms with Crippen molar-refractivity contribution in [2.45, 2.75) is 13.0 Å². The molecule has 0 N–H and O–H groups in total. The number of esters is 1. The van der Waals surface area contributed by atoms with Crippen LogP contribution in [-0.2, 0) is 9.53 Å². The lowest BCUT2D eigenvalue weighted by molar-refractivity contribution is -0.385. The Kier molecular flexibility index (Phi) is 3.77. The minimum absolute atomic E-state index is 0.0449. The topological polar surface area (TPSA) is 69.4 Å². The molecule has 0 spiro atoms. The Morgan fingerprint density at radius 3 is 2.81 bits per heavy atom. The van der Waals surface area contributed by atoms with Crippen LogP contribution in [0.2, 0.25) is 0 Å². The van der Waals surface area contributed by atoms with E-state index in [1.54, 1.807) is 6.07 Å². The first-order chi connectivity index (χ1) is 7.54. The van der Waals surface area contributed by atoms with Crippen LogP contribution in [0.5, 0.6) is 0 Å². The zero-order chi connectivity index (χ0) is 12.1. The van der Waals surface area contributed by atoms with E-state index in [9.17, 15) is 14.9 Å². The fourth-order valence-corrected chi connectivity index (χ4v) is 1.25. The summed E-state index contributed by atoms with van der Waals surface area (Å²) in [5, 5.41) is 10.6. The number of nitro benzene ring substituents is 1. The number of hydrogen-bond donors (Lipinski definition) is 0. The molecular formula is C11H11NO4. The van der Waals surface area contributed by atoms with Gasteiger partial charge in [0, 0.05) is 24.6 Å². The van der Waals surface area contributed by atoms with Gasteiger partial charge in [-0.1, -0.05) is 18.7 Å². The van der Waals surface area contributed by atoms with Gasteiger partial charge in [0.1, 0.15) is 6.10 Å². The smallest absolute Gasteiger partial charge is 0.303 e. The van der Waals surface area contributed by atoms with E-state index in [4.69, 9.17) is 4.74 Å². The molecule has 0 aliphatic carbocycles. The maximum atomic E-state index is 10.8. The molecular weight excluding hydrogens is 210 g/mol. The summed E-state index contributed by atoms with van der Waals surface area (Å²) in [7, 11) is 0. The van der Waals surface area contributed by atoms with Gasteiger partial charge in [0.05, 0.1) is 4.92 Å². The van der Waals surface area contributed by atoms with E-state index in [2.05, 4.69) is 6.58 Å². The summed E-state index contributed by atoms with van der Waals surface area (Å²) in [4.78, 5) is 20.9. The standard InChI is InChI=1S/C11H11NO4/c1-3-11(16-8(2)13)9-5-4-6-10(7-9)12(14)15/h3-7,11H,1H2,2H3. The van der Waals surface area contributed by atoms with Crippen LogP contribution in [0.25, 0.3) is 0 Å². The van der Waals surface area contributed by atoms with Crippen LogP contribution >= 0.6 is 0 Å². The Balaban J connectivity index is 3.01. The highest BCUT2D eigenvalue weighted by Gasteiger charge is 2.14. The van der Waals surface area contributed by atoms with Gasteiger partial charge in [0.2, 0.25) is 0 Å². The summed E-state index contributed by atoms with van der Waals surface area (Å²) >= 11 is 0. The van der Waals surface area contributed by atoms with Crippen LogP contribution in [-0.4, -0.2) is 10.9 Å². The third-order valence-electron chi connectivity index (χ3n) is 1.92. The predicted octanol–water partition coefficient (Wildman–Crippen LogP) is 2.39. The summed E-state index contributed by atoms with van der Waals surface area (Å²) < 4.78 is 4.94. The number of non-ortho nitro benzene ring substituents is 1. The van der Waals surface area contributed by atoms with Crippen LogP contribution in [0.15, 0.2) is 36.9 Å². The number of carbonyl (C=O) groups excluding carboxylic acids is 1. The maximum absolute atomic E-state index is 10.8. The first-order valence-corrected chi connectivity index (χ1v) is 4.58. The molecule has 0 amide bonds. The molecule has 1 atom stereocenters. The summed E-state index contributed by atoms with van der Waals surface area (Å²) in [5.74, 6) is -0.462. The second-order valence-electron chi connectivity index (χ2n) is 3.12. The zero-order valence-electron chi connectivity index (χ0n) is 8.75. The molecule has 0 aliphatic rings. The predicted molar refractivity (Wildman–Crippen MR) is 57.8 cm³/mol. The highest BCUT2D eigenvalue weighted by Crippen LogP contribution is 2.22. The molecule has 0 saturated heterocycles. The molecule has 0 aliphatic heterocycles. The first-order valence-electron chi connectivity index (χ1n) is 4.58. The van der Waals surface area contributed by atoms with Gasteiger partial charge in [-0.25, -0.2) is 0 Å². The van der Waals surface area contributed by atoms with Gasteiger partial charge in [0.25, 0.3) is 5.69 Å². The highest BCUT2D eigenvalue weighted by atomic mass is 16.6. The largest absolute Gasteiger partial charge is 0.453 e. The van der Waals surface area contributed by atoms with E-state index >= 15 is 0 Å². The van der Waals surface area contributed by atoms with Crippen molar-refractivity contribution in [1.82, 2.24) is 0 Å². The van der Waals surface area contributed by atoms with Crippen molar-refractivity contribution in [1.29, 1.82) is 0 Å². The van der Waals surface area contributed by atoms with Gasteiger partial charge < -0.3 is 4.74 Å². The van der Waals surface area contributed by atoms with E-state index < -0.39 is 17.0 Å². The van der Waals surface area contributed by atoms with Crippen LogP contribution in [0, 0.1) is 10.1 Å². The van der Waals surface area contributed by atoms with E-state index in [-0.39, 0.29) is 5.69 Å². The molecule has 0 saturated carbocycles. The Morgan fingerprint density at radius 1 is 1.62 bits per heavy atom. The van der Waals surface area contributed by atoms with Crippen molar-refractivity contribution >= 4 is 11.7 Å². The summed E-state index contributed by atoms with van der Waals surface area (Å²) in [6, 6.07) is 5.91. The lowest BCUT2D eigenvalue weighted by Crippen LogP contribution is -2.06. The molecule has 84 valence electrons. The molecule has 5 nitrogen and oxygen atoms in total. The minimum atomic E-state index is -0.655. The molecule has 0 radical (unpaired) electrons. The number of benzene rings is 1. The first kappa shape index (κ1) is 11.9. The molecule has 0 bridgehead atoms. The molecule has 16 heavy (non-hydrogen) atoms. The molecule has 1 rings (SSSR count). The molecule has 1 aromatic carbocycles. The van der Waals surface area contributed by atoms with Crippen molar-refractivity contribution in [3.63, 3.8) is 0 Å². The fourth-order valence-electron chi connectivity index (χ4n) is 1.25. The number of rotatable bonds is 4. The van der Waals surface area contributed by atoms with Crippen molar-refractivity contribution in [2.24, 2.45) is 0 Å². The number of nitrogens with zero attached hydrogens (tertiary/aromatic N) is 1. The van der Waals surface area contributed by atoms with Gasteiger partial charge in [-0.2, -0.15) is 0 Å². The monoisotopic (exact) mass is 221 g/mol.